The van der Waals surface area contributed by atoms with Crippen molar-refractivity contribution in [3.8, 4) is 5.75 Å². The van der Waals surface area contributed by atoms with Crippen LogP contribution in [0.5, 0.6) is 5.75 Å². The minimum absolute atomic E-state index is 0. The van der Waals surface area contributed by atoms with E-state index in [1.807, 2.05) is 0 Å². The number of ether oxygens (including phenoxy) is 1. The van der Waals surface area contributed by atoms with Crippen molar-refractivity contribution in [1.82, 2.24) is 4.57 Å². The number of rotatable bonds is 5. The molecule has 0 bridgehead atoms. The molecule has 0 saturated carbocycles. The van der Waals surface area contributed by atoms with Crippen molar-refractivity contribution in [2.45, 2.75) is 6.54 Å². The molecule has 0 unspecified atom stereocenters. The largest absolute Gasteiger partial charge is 1.00 e. The van der Waals surface area contributed by atoms with Crippen LogP contribution in [0.2, 0.25) is 5.02 Å². The average Bonchev–Trinajstić information content (AvgIpc) is 2.96. The SMILES string of the molecule is O=C([O-])c1cc(=O)c2c(OCCn3c(=O)sc4ccc(Cl)cc43)cccc2o1.[Na+]. The van der Waals surface area contributed by atoms with E-state index < -0.39 is 17.2 Å². The Bertz CT molecular complexity index is 1340. The monoisotopic (exact) mass is 439 g/mol. The van der Waals surface area contributed by atoms with Crippen molar-refractivity contribution in [2.24, 2.45) is 0 Å². The molecule has 29 heavy (non-hydrogen) atoms. The summed E-state index contributed by atoms with van der Waals surface area (Å²) in [6.45, 7) is 0.358. The Morgan fingerprint density at radius 1 is 1.21 bits per heavy atom. The summed E-state index contributed by atoms with van der Waals surface area (Å²) in [5.41, 5.74) is 0.234. The Hall–Kier alpha value is -2.10. The van der Waals surface area contributed by atoms with Crippen LogP contribution in [-0.4, -0.2) is 17.1 Å². The van der Waals surface area contributed by atoms with Gasteiger partial charge in [-0.3, -0.25) is 14.2 Å². The second-order valence-corrected chi connectivity index (χ2v) is 7.30. The van der Waals surface area contributed by atoms with E-state index in [0.29, 0.717) is 10.5 Å². The van der Waals surface area contributed by atoms with Gasteiger partial charge < -0.3 is 19.1 Å². The third-order valence-electron chi connectivity index (χ3n) is 4.12. The van der Waals surface area contributed by atoms with E-state index in [2.05, 4.69) is 0 Å². The molecule has 2 aromatic carbocycles. The molecule has 0 spiro atoms. The maximum atomic E-state index is 12.3. The van der Waals surface area contributed by atoms with Gasteiger partial charge in [0.2, 0.25) is 0 Å². The topological polar surface area (TPSA) is 102 Å². The van der Waals surface area contributed by atoms with Crippen molar-refractivity contribution in [1.29, 1.82) is 0 Å². The predicted molar refractivity (Wildman–Crippen MR) is 103 cm³/mol. The average molecular weight is 440 g/mol. The van der Waals surface area contributed by atoms with Gasteiger partial charge in [-0.15, -0.1) is 0 Å². The van der Waals surface area contributed by atoms with E-state index in [1.165, 1.54) is 6.07 Å². The number of hydrogen-bond donors (Lipinski definition) is 0. The second kappa shape index (κ2) is 8.73. The van der Waals surface area contributed by atoms with Crippen molar-refractivity contribution < 1.29 is 48.6 Å². The fourth-order valence-corrected chi connectivity index (χ4v) is 3.96. The number of carboxylic acids is 1. The van der Waals surface area contributed by atoms with Crippen molar-refractivity contribution in [3.63, 3.8) is 0 Å². The molecule has 0 radical (unpaired) electrons. The minimum Gasteiger partial charge on any atom is -0.542 e. The van der Waals surface area contributed by atoms with Gasteiger partial charge in [0.25, 0.3) is 0 Å². The fraction of sp³-hybridized carbons (Fsp3) is 0.105. The number of carboxylic acid groups (broad SMARTS) is 1. The molecule has 2 aromatic heterocycles. The number of aromatic carboxylic acids is 1. The molecule has 0 aliphatic rings. The van der Waals surface area contributed by atoms with Gasteiger partial charge in [-0.2, -0.15) is 0 Å². The first-order valence-corrected chi connectivity index (χ1v) is 9.33. The number of hydrogen-bond acceptors (Lipinski definition) is 7. The second-order valence-electron chi connectivity index (χ2n) is 5.87. The Kier molecular flexibility index (Phi) is 6.50. The van der Waals surface area contributed by atoms with Gasteiger partial charge >= 0.3 is 34.4 Å². The Morgan fingerprint density at radius 2 is 2.00 bits per heavy atom. The Balaban J connectivity index is 0.00000240. The van der Waals surface area contributed by atoms with Crippen molar-refractivity contribution in [3.05, 3.63) is 73.1 Å². The summed E-state index contributed by atoms with van der Waals surface area (Å²) >= 11 is 7.12. The third-order valence-corrected chi connectivity index (χ3v) is 5.31. The first-order valence-electron chi connectivity index (χ1n) is 8.14. The first-order chi connectivity index (χ1) is 13.4. The molecular formula is C19H11ClNNaO6S. The molecule has 0 fully saturated rings. The van der Waals surface area contributed by atoms with Crippen LogP contribution in [0.25, 0.3) is 21.2 Å². The van der Waals surface area contributed by atoms with Crippen LogP contribution < -0.4 is 49.7 Å². The Labute approximate surface area is 194 Å². The molecule has 0 aliphatic heterocycles. The van der Waals surface area contributed by atoms with Crippen molar-refractivity contribution in [2.75, 3.05) is 6.61 Å². The summed E-state index contributed by atoms with van der Waals surface area (Å²) in [6.07, 6.45) is 0. The molecule has 10 heteroatoms. The molecular weight excluding hydrogens is 429 g/mol. The molecule has 0 atom stereocenters. The van der Waals surface area contributed by atoms with E-state index >= 15 is 0 Å². The van der Waals surface area contributed by atoms with Crippen LogP contribution >= 0.6 is 22.9 Å². The number of benzene rings is 2. The van der Waals surface area contributed by atoms with Gasteiger partial charge in [0.15, 0.2) is 11.2 Å². The quantitative estimate of drug-likeness (QED) is 0.380. The fourth-order valence-electron chi connectivity index (χ4n) is 2.89. The van der Waals surface area contributed by atoms with Gasteiger partial charge in [-0.25, -0.2) is 0 Å². The molecule has 0 saturated heterocycles. The molecule has 4 rings (SSSR count). The van der Waals surface area contributed by atoms with E-state index in [4.69, 9.17) is 20.8 Å². The van der Waals surface area contributed by atoms with Gasteiger partial charge in [0.1, 0.15) is 29.3 Å². The number of fused-ring (bicyclic) bond motifs is 2. The van der Waals surface area contributed by atoms with E-state index in [0.717, 1.165) is 22.1 Å². The van der Waals surface area contributed by atoms with Crippen LogP contribution in [0.1, 0.15) is 10.6 Å². The zero-order valence-electron chi connectivity index (χ0n) is 15.1. The molecule has 4 aromatic rings. The first kappa shape index (κ1) is 21.6. The zero-order chi connectivity index (χ0) is 19.8. The number of halogens is 1. The molecule has 2 heterocycles. The Morgan fingerprint density at radius 3 is 2.76 bits per heavy atom. The molecule has 0 N–H and O–H groups in total. The van der Waals surface area contributed by atoms with Crippen LogP contribution in [-0.2, 0) is 6.54 Å². The standard InChI is InChI=1S/C19H12ClNO6S.Na/c20-10-4-5-16-11(8-10)21(19(25)28-16)6-7-26-13-2-1-3-14-17(13)12(22)9-15(27-14)18(23)24;/h1-5,8-9H,6-7H2,(H,23,24);/q;+1/p-1. The summed E-state index contributed by atoms with van der Waals surface area (Å²) in [6, 6.07) is 10.7. The van der Waals surface area contributed by atoms with Crippen LogP contribution in [0.3, 0.4) is 0 Å². The van der Waals surface area contributed by atoms with Gasteiger partial charge in [-0.1, -0.05) is 29.0 Å². The maximum absolute atomic E-state index is 12.3. The van der Waals surface area contributed by atoms with Gasteiger partial charge in [0.05, 0.1) is 16.8 Å². The summed E-state index contributed by atoms with van der Waals surface area (Å²) in [7, 11) is 0. The van der Waals surface area contributed by atoms with Crippen LogP contribution in [0.4, 0.5) is 0 Å². The van der Waals surface area contributed by atoms with E-state index in [1.54, 1.807) is 34.9 Å². The molecule has 7 nitrogen and oxygen atoms in total. The maximum Gasteiger partial charge on any atom is 1.00 e. The summed E-state index contributed by atoms with van der Waals surface area (Å²) < 4.78 is 13.2. The molecule has 0 amide bonds. The number of nitrogens with zero attached hydrogens (tertiary/aromatic N) is 1. The van der Waals surface area contributed by atoms with Crippen molar-refractivity contribution >= 4 is 50.1 Å². The summed E-state index contributed by atoms with van der Waals surface area (Å²) in [4.78, 5) is 35.3. The molecule has 0 aliphatic carbocycles. The summed E-state index contributed by atoms with van der Waals surface area (Å²) in [5, 5.41) is 11.6. The third kappa shape index (κ3) is 4.26. The summed E-state index contributed by atoms with van der Waals surface area (Å²) in [5.74, 6) is -1.89. The normalized spacial score (nSPS) is 10.8. The number of carbonyl (C=O) groups excluding carboxylic acids is 1. The van der Waals surface area contributed by atoms with Crippen LogP contribution in [0.15, 0.2) is 56.5 Å². The number of aromatic nitrogens is 1. The van der Waals surface area contributed by atoms with E-state index in [-0.39, 0.29) is 64.3 Å². The van der Waals surface area contributed by atoms with E-state index in [9.17, 15) is 19.5 Å². The molecule has 142 valence electrons. The van der Waals surface area contributed by atoms with Gasteiger partial charge in [-0.05, 0) is 30.3 Å². The predicted octanol–water partition coefficient (Wildman–Crippen LogP) is -0.731. The van der Waals surface area contributed by atoms with Gasteiger partial charge in [0, 0.05) is 11.1 Å². The smallest absolute Gasteiger partial charge is 0.542 e. The van der Waals surface area contributed by atoms with Crippen LogP contribution in [0, 0.1) is 0 Å². The number of carbonyl (C=O) groups is 1. The zero-order valence-corrected chi connectivity index (χ0v) is 18.7. The minimum atomic E-state index is -1.58. The number of thiazole rings is 1.